The SMILES string of the molecule is CCc1cc(Oc2ccccc2)ccc1-c1ccc2c(-c3nc4c(n3COCC[Si](C)(C)C)CN(C(=O)c3cnc(N5CCN(C)CC5)cn3)C4)nn(COCC[Si](C)(C)C)c2c1. The number of amides is 1. The molecule has 8 rings (SSSR count). The zero-order valence-electron chi connectivity index (χ0n) is 38.4. The smallest absolute Gasteiger partial charge is 0.274 e. The summed E-state index contributed by atoms with van der Waals surface area (Å²) in [6.45, 7) is 22.7. The highest BCUT2D eigenvalue weighted by Gasteiger charge is 2.33. The predicted molar refractivity (Wildman–Crippen MR) is 256 cm³/mol. The minimum absolute atomic E-state index is 0.165. The lowest BCUT2D eigenvalue weighted by Crippen LogP contribution is -2.44. The molecule has 0 N–H and O–H groups in total. The van der Waals surface area contributed by atoms with Gasteiger partial charge in [-0.05, 0) is 78.6 Å². The monoisotopic (exact) mass is 885 g/mol. The maximum atomic E-state index is 13.9. The number of carbonyl (C=O) groups excluding carboxylic acids is 1. The van der Waals surface area contributed by atoms with Gasteiger partial charge in [-0.2, -0.15) is 5.10 Å². The predicted octanol–water partition coefficient (Wildman–Crippen LogP) is 9.24. The lowest BCUT2D eigenvalue weighted by Gasteiger charge is -2.32. The molecule has 0 spiro atoms. The molecule has 5 heterocycles. The molecule has 0 radical (unpaired) electrons. The van der Waals surface area contributed by atoms with E-state index in [0.29, 0.717) is 45.5 Å². The number of ether oxygens (including phenoxy) is 3. The van der Waals surface area contributed by atoms with Gasteiger partial charge >= 0.3 is 0 Å². The third-order valence-corrected chi connectivity index (χ3v) is 15.4. The van der Waals surface area contributed by atoms with Crippen LogP contribution in [-0.2, 0) is 42.4 Å². The number of imidazole rings is 1. The fraction of sp³-hybridized carbons (Fsp3) is 0.438. The Morgan fingerprint density at radius 1 is 0.778 bits per heavy atom. The number of nitrogens with zero attached hydrogens (tertiary/aromatic N) is 9. The Balaban J connectivity index is 1.11. The molecule has 15 heteroatoms. The van der Waals surface area contributed by atoms with Crippen molar-refractivity contribution in [3.63, 3.8) is 0 Å². The van der Waals surface area contributed by atoms with Gasteiger partial charge in [-0.25, -0.2) is 19.6 Å². The van der Waals surface area contributed by atoms with Crippen molar-refractivity contribution in [1.82, 2.24) is 39.1 Å². The number of aromatic nitrogens is 6. The topological polar surface area (TPSA) is 116 Å². The van der Waals surface area contributed by atoms with Crippen molar-refractivity contribution in [3.05, 3.63) is 102 Å². The van der Waals surface area contributed by atoms with Crippen LogP contribution in [0.2, 0.25) is 51.4 Å². The van der Waals surface area contributed by atoms with Crippen LogP contribution >= 0.6 is 0 Å². The highest BCUT2D eigenvalue weighted by Crippen LogP contribution is 2.37. The molecule has 332 valence electrons. The van der Waals surface area contributed by atoms with Gasteiger partial charge in [-0.15, -0.1) is 0 Å². The summed E-state index contributed by atoms with van der Waals surface area (Å²) < 4.78 is 23.1. The first-order valence-electron chi connectivity index (χ1n) is 22.4. The van der Waals surface area contributed by atoms with Gasteiger partial charge in [-0.3, -0.25) is 4.79 Å². The highest BCUT2D eigenvalue weighted by atomic mass is 28.3. The van der Waals surface area contributed by atoms with E-state index >= 15 is 0 Å². The summed E-state index contributed by atoms with van der Waals surface area (Å²) >= 11 is 0. The van der Waals surface area contributed by atoms with Crippen molar-refractivity contribution < 1.29 is 19.0 Å². The molecular formula is C48H63N9O4Si2. The van der Waals surface area contributed by atoms with Gasteiger partial charge in [0, 0.05) is 60.9 Å². The zero-order chi connectivity index (χ0) is 44.3. The maximum absolute atomic E-state index is 13.9. The zero-order valence-corrected chi connectivity index (χ0v) is 40.4. The molecule has 0 atom stereocenters. The van der Waals surface area contributed by atoms with Crippen LogP contribution in [-0.4, -0.2) is 108 Å². The Labute approximate surface area is 374 Å². The fourth-order valence-electron chi connectivity index (χ4n) is 8.01. The first-order chi connectivity index (χ1) is 30.2. The second-order valence-corrected chi connectivity index (χ2v) is 30.6. The van der Waals surface area contributed by atoms with Crippen LogP contribution in [0.5, 0.6) is 11.5 Å². The van der Waals surface area contributed by atoms with E-state index in [1.54, 1.807) is 17.3 Å². The molecule has 2 aliphatic heterocycles. The van der Waals surface area contributed by atoms with Crippen molar-refractivity contribution in [2.45, 2.75) is 91.3 Å². The number of anilines is 1. The van der Waals surface area contributed by atoms with E-state index < -0.39 is 16.1 Å². The molecule has 2 aliphatic rings. The van der Waals surface area contributed by atoms with Gasteiger partial charge < -0.3 is 33.5 Å². The largest absolute Gasteiger partial charge is 0.457 e. The van der Waals surface area contributed by atoms with E-state index in [9.17, 15) is 4.79 Å². The van der Waals surface area contributed by atoms with Gasteiger partial charge in [0.2, 0.25) is 0 Å². The second kappa shape index (κ2) is 18.9. The van der Waals surface area contributed by atoms with Crippen LogP contribution in [0.15, 0.2) is 79.1 Å². The highest BCUT2D eigenvalue weighted by molar-refractivity contribution is 6.76. The number of piperazine rings is 1. The minimum atomic E-state index is -1.34. The summed E-state index contributed by atoms with van der Waals surface area (Å²) in [5.41, 5.74) is 7.28. The summed E-state index contributed by atoms with van der Waals surface area (Å²) in [7, 11) is -0.512. The number of carbonyl (C=O) groups is 1. The lowest BCUT2D eigenvalue weighted by molar-refractivity contribution is 0.0717. The molecular weight excluding hydrogens is 823 g/mol. The van der Waals surface area contributed by atoms with Crippen LogP contribution in [0.25, 0.3) is 33.5 Å². The van der Waals surface area contributed by atoms with Crippen LogP contribution in [0.3, 0.4) is 0 Å². The van der Waals surface area contributed by atoms with Crippen LogP contribution < -0.4 is 9.64 Å². The molecule has 1 saturated heterocycles. The number of likely N-dealkylation sites (N-methyl/N-ethyl adjacent to an activating group) is 1. The van der Waals surface area contributed by atoms with E-state index in [-0.39, 0.29) is 5.91 Å². The summed E-state index contributed by atoms with van der Waals surface area (Å²) in [5, 5.41) is 6.25. The van der Waals surface area contributed by atoms with E-state index in [1.165, 1.54) is 5.56 Å². The van der Waals surface area contributed by atoms with E-state index in [0.717, 1.165) is 107 Å². The Hall–Kier alpha value is -5.20. The van der Waals surface area contributed by atoms with E-state index in [4.69, 9.17) is 24.3 Å². The first kappa shape index (κ1) is 44.4. The van der Waals surface area contributed by atoms with E-state index in [1.807, 2.05) is 41.1 Å². The Kier molecular flexibility index (Phi) is 13.3. The number of hydrogen-bond donors (Lipinski definition) is 0. The first-order valence-corrected chi connectivity index (χ1v) is 29.8. The van der Waals surface area contributed by atoms with Crippen molar-refractivity contribution >= 4 is 38.8 Å². The molecule has 0 saturated carbocycles. The molecule has 6 aromatic rings. The summed E-state index contributed by atoms with van der Waals surface area (Å²) in [6, 6.07) is 24.9. The summed E-state index contributed by atoms with van der Waals surface area (Å²) in [5.74, 6) is 2.99. The molecule has 0 aliphatic carbocycles. The third-order valence-electron chi connectivity index (χ3n) is 11.9. The van der Waals surface area contributed by atoms with Gasteiger partial charge in [0.1, 0.15) is 42.2 Å². The Bertz CT molecular complexity index is 2520. The van der Waals surface area contributed by atoms with Gasteiger partial charge in [0.25, 0.3) is 5.91 Å². The number of rotatable bonds is 17. The normalized spacial score (nSPS) is 14.8. The number of para-hydroxylation sites is 1. The fourth-order valence-corrected chi connectivity index (χ4v) is 9.53. The van der Waals surface area contributed by atoms with Crippen LogP contribution in [0.4, 0.5) is 5.82 Å². The molecule has 3 aromatic carbocycles. The summed E-state index contributed by atoms with van der Waals surface area (Å²) in [4.78, 5) is 34.8. The van der Waals surface area contributed by atoms with Crippen molar-refractivity contribution in [2.75, 3.05) is 51.3 Å². The minimum Gasteiger partial charge on any atom is -0.457 e. The molecule has 0 bridgehead atoms. The number of benzene rings is 3. The van der Waals surface area contributed by atoms with Crippen LogP contribution in [0, 0.1) is 0 Å². The Morgan fingerprint density at radius 3 is 2.19 bits per heavy atom. The van der Waals surface area contributed by atoms with Crippen LogP contribution in [0.1, 0.15) is 34.4 Å². The second-order valence-electron chi connectivity index (χ2n) is 19.3. The standard InChI is InChI=1S/C48H63N9O4Si2/c1-9-35-27-38(61-37-13-11-10-12-14-37)16-18-39(35)36-15-17-40-43(28-36)57(34-60-24-26-63(6,7)8)52-46(40)47-51-42-31-55(32-44(42)56(47)33-59-23-25-62(3,4)5)48(58)41-29-50-45(30-49-41)54-21-19-53(2)20-22-54/h10-18,27-30H,9,19-26,31-34H2,1-8H3. The van der Waals surface area contributed by atoms with Gasteiger partial charge in [-0.1, -0.05) is 76.5 Å². The maximum Gasteiger partial charge on any atom is 0.274 e. The third kappa shape index (κ3) is 10.6. The van der Waals surface area contributed by atoms with Gasteiger partial charge in [0.05, 0.1) is 42.4 Å². The average molecular weight is 886 g/mol. The average Bonchev–Trinajstić information content (AvgIpc) is 3.95. The Morgan fingerprint density at radius 2 is 1.51 bits per heavy atom. The molecule has 3 aromatic heterocycles. The van der Waals surface area contributed by atoms with Gasteiger partial charge in [0.15, 0.2) is 5.82 Å². The molecule has 13 nitrogen and oxygen atoms in total. The van der Waals surface area contributed by atoms with E-state index in [2.05, 4.69) is 108 Å². The quantitative estimate of drug-likeness (QED) is 0.0649. The molecule has 1 fully saturated rings. The van der Waals surface area contributed by atoms with Crippen molar-refractivity contribution in [1.29, 1.82) is 0 Å². The van der Waals surface area contributed by atoms with Crippen molar-refractivity contribution in [2.24, 2.45) is 0 Å². The number of hydrogen-bond acceptors (Lipinski definition) is 10. The molecule has 0 unspecified atom stereocenters. The number of aryl methyl sites for hydroxylation is 1. The molecule has 1 amide bonds. The number of fused-ring (bicyclic) bond motifs is 2. The van der Waals surface area contributed by atoms with Crippen molar-refractivity contribution in [3.8, 4) is 34.1 Å². The summed E-state index contributed by atoms with van der Waals surface area (Å²) in [6.07, 6.45) is 4.18. The molecule has 63 heavy (non-hydrogen) atoms. The lowest BCUT2D eigenvalue weighted by atomic mass is 9.96.